The maximum absolute atomic E-state index is 3.68. The fourth-order valence-corrected chi connectivity index (χ4v) is 0.931. The van der Waals surface area contributed by atoms with E-state index in [0.29, 0.717) is 0 Å². The molecule has 0 N–H and O–H groups in total. The SMILES string of the molecule is C.C.C=CCCCCCCC=C. The zero-order valence-electron chi connectivity index (χ0n) is 6.81. The van der Waals surface area contributed by atoms with Crippen molar-refractivity contribution in [2.24, 2.45) is 0 Å². The van der Waals surface area contributed by atoms with E-state index in [4.69, 9.17) is 0 Å². The molecule has 0 amide bonds. The fourth-order valence-electron chi connectivity index (χ4n) is 0.931. The van der Waals surface area contributed by atoms with Crippen LogP contribution in [0.3, 0.4) is 0 Å². The summed E-state index contributed by atoms with van der Waals surface area (Å²) in [4.78, 5) is 0. The third-order valence-corrected chi connectivity index (χ3v) is 1.57. The van der Waals surface area contributed by atoms with Gasteiger partial charge >= 0.3 is 0 Å². The lowest BCUT2D eigenvalue weighted by Crippen LogP contribution is -1.75. The first-order chi connectivity index (χ1) is 4.91. The van der Waals surface area contributed by atoms with Gasteiger partial charge in [0.1, 0.15) is 0 Å². The van der Waals surface area contributed by atoms with Crippen molar-refractivity contribution in [1.29, 1.82) is 0 Å². The van der Waals surface area contributed by atoms with Crippen molar-refractivity contribution in [3.05, 3.63) is 25.3 Å². The summed E-state index contributed by atoms with van der Waals surface area (Å²) in [5, 5.41) is 0. The van der Waals surface area contributed by atoms with Gasteiger partial charge in [-0.2, -0.15) is 0 Å². The summed E-state index contributed by atoms with van der Waals surface area (Å²) in [5.41, 5.74) is 0. The van der Waals surface area contributed by atoms with Crippen molar-refractivity contribution in [3.8, 4) is 0 Å². The summed E-state index contributed by atoms with van der Waals surface area (Å²) in [6.07, 6.45) is 11.6. The molecule has 0 saturated heterocycles. The maximum Gasteiger partial charge on any atom is -0.0353 e. The van der Waals surface area contributed by atoms with Gasteiger partial charge in [-0.05, 0) is 25.7 Å². The van der Waals surface area contributed by atoms with Crippen LogP contribution in [0.5, 0.6) is 0 Å². The Morgan fingerprint density at radius 3 is 1.25 bits per heavy atom. The van der Waals surface area contributed by atoms with Crippen LogP contribution in [-0.2, 0) is 0 Å². The number of unbranched alkanes of at least 4 members (excludes halogenated alkanes) is 5. The first-order valence-electron chi connectivity index (χ1n) is 4.13. The van der Waals surface area contributed by atoms with Gasteiger partial charge < -0.3 is 0 Å². The molecule has 0 bridgehead atoms. The highest BCUT2D eigenvalue weighted by Crippen LogP contribution is 2.05. The van der Waals surface area contributed by atoms with Gasteiger partial charge in [-0.1, -0.05) is 39.8 Å². The van der Waals surface area contributed by atoms with Gasteiger partial charge in [0.2, 0.25) is 0 Å². The molecule has 0 aliphatic carbocycles. The number of allylic oxidation sites excluding steroid dienone is 2. The smallest absolute Gasteiger partial charge is 0.0353 e. The van der Waals surface area contributed by atoms with Gasteiger partial charge in [0.05, 0.1) is 0 Å². The first-order valence-corrected chi connectivity index (χ1v) is 4.13. The molecule has 0 rings (SSSR count). The molecule has 0 saturated carbocycles. The van der Waals surface area contributed by atoms with Crippen LogP contribution in [0, 0.1) is 0 Å². The highest BCUT2D eigenvalue weighted by molar-refractivity contribution is 4.67. The van der Waals surface area contributed by atoms with E-state index >= 15 is 0 Å². The molecule has 0 atom stereocenters. The van der Waals surface area contributed by atoms with Gasteiger partial charge in [0, 0.05) is 0 Å². The fraction of sp³-hybridized carbons (Fsp3) is 0.667. The summed E-state index contributed by atoms with van der Waals surface area (Å²) in [5.74, 6) is 0. The molecule has 0 aromatic heterocycles. The van der Waals surface area contributed by atoms with E-state index in [9.17, 15) is 0 Å². The minimum absolute atomic E-state index is 0. The minimum Gasteiger partial charge on any atom is -0.103 e. The van der Waals surface area contributed by atoms with Crippen LogP contribution in [-0.4, -0.2) is 0 Å². The lowest BCUT2D eigenvalue weighted by molar-refractivity contribution is 0.653. The van der Waals surface area contributed by atoms with Gasteiger partial charge in [-0.3, -0.25) is 0 Å². The van der Waals surface area contributed by atoms with Crippen LogP contribution in [0.25, 0.3) is 0 Å². The van der Waals surface area contributed by atoms with Crippen molar-refractivity contribution in [1.82, 2.24) is 0 Å². The molecule has 0 heterocycles. The molecule has 0 aromatic carbocycles. The molecule has 0 nitrogen and oxygen atoms in total. The Bertz CT molecular complexity index is 70.0. The van der Waals surface area contributed by atoms with Crippen molar-refractivity contribution in [2.75, 3.05) is 0 Å². The Hall–Kier alpha value is -0.520. The molecule has 0 aliphatic heterocycles. The molecule has 0 aliphatic rings. The zero-order valence-corrected chi connectivity index (χ0v) is 6.81. The van der Waals surface area contributed by atoms with Crippen LogP contribution in [0.4, 0.5) is 0 Å². The second kappa shape index (κ2) is 16.8. The number of hydrogen-bond acceptors (Lipinski definition) is 0. The maximum atomic E-state index is 3.68. The lowest BCUT2D eigenvalue weighted by Gasteiger charge is -1.95. The average molecular weight is 170 g/mol. The lowest BCUT2D eigenvalue weighted by atomic mass is 10.1. The summed E-state index contributed by atoms with van der Waals surface area (Å²) in [6, 6.07) is 0. The minimum atomic E-state index is 0. The zero-order chi connectivity index (χ0) is 7.66. The van der Waals surface area contributed by atoms with E-state index in [2.05, 4.69) is 13.2 Å². The molecular formula is C12H26. The molecule has 74 valence electrons. The van der Waals surface area contributed by atoms with Crippen LogP contribution >= 0.6 is 0 Å². The third kappa shape index (κ3) is 16.2. The average Bonchev–Trinajstić information content (AvgIpc) is 1.97. The van der Waals surface area contributed by atoms with E-state index in [-0.39, 0.29) is 14.9 Å². The highest BCUT2D eigenvalue weighted by Gasteiger charge is 1.85. The second-order valence-electron chi connectivity index (χ2n) is 2.57. The molecule has 0 radical (unpaired) electrons. The monoisotopic (exact) mass is 170 g/mol. The molecule has 0 spiro atoms. The second-order valence-corrected chi connectivity index (χ2v) is 2.57. The van der Waals surface area contributed by atoms with E-state index in [0.717, 1.165) is 0 Å². The third-order valence-electron chi connectivity index (χ3n) is 1.57. The van der Waals surface area contributed by atoms with Crippen molar-refractivity contribution in [3.63, 3.8) is 0 Å². The molecule has 0 heteroatoms. The van der Waals surface area contributed by atoms with Gasteiger partial charge in [-0.15, -0.1) is 13.2 Å². The Morgan fingerprint density at radius 1 is 0.667 bits per heavy atom. The predicted octanol–water partition coefficient (Wildman–Crippen LogP) is 4.97. The summed E-state index contributed by atoms with van der Waals surface area (Å²) < 4.78 is 0. The van der Waals surface area contributed by atoms with E-state index < -0.39 is 0 Å². The summed E-state index contributed by atoms with van der Waals surface area (Å²) >= 11 is 0. The summed E-state index contributed by atoms with van der Waals surface area (Å²) in [7, 11) is 0. The van der Waals surface area contributed by atoms with E-state index in [1.165, 1.54) is 38.5 Å². The summed E-state index contributed by atoms with van der Waals surface area (Å²) in [6.45, 7) is 7.36. The molecule has 12 heavy (non-hydrogen) atoms. The standard InChI is InChI=1S/C10H18.2CH4/c1-3-5-7-9-10-8-6-4-2;;/h3-4H,1-2,5-10H2;2*1H4. The van der Waals surface area contributed by atoms with Crippen molar-refractivity contribution >= 4 is 0 Å². The Labute approximate surface area is 79.4 Å². The molecular weight excluding hydrogens is 144 g/mol. The van der Waals surface area contributed by atoms with E-state index in [1.807, 2.05) is 12.2 Å². The molecule has 0 fully saturated rings. The largest absolute Gasteiger partial charge is 0.103 e. The quantitative estimate of drug-likeness (QED) is 0.374. The van der Waals surface area contributed by atoms with Gasteiger partial charge in [0.25, 0.3) is 0 Å². The Morgan fingerprint density at radius 2 is 1.00 bits per heavy atom. The number of hydrogen-bond donors (Lipinski definition) is 0. The van der Waals surface area contributed by atoms with E-state index in [1.54, 1.807) is 0 Å². The van der Waals surface area contributed by atoms with Gasteiger partial charge in [-0.25, -0.2) is 0 Å². The van der Waals surface area contributed by atoms with Crippen molar-refractivity contribution < 1.29 is 0 Å². The Kier molecular flexibility index (Phi) is 24.6. The first kappa shape index (κ1) is 17.5. The Balaban J connectivity index is -0.000000405. The van der Waals surface area contributed by atoms with Crippen LogP contribution in [0.15, 0.2) is 25.3 Å². The number of rotatable bonds is 7. The normalized spacial score (nSPS) is 7.67. The highest BCUT2D eigenvalue weighted by atomic mass is 13.9. The van der Waals surface area contributed by atoms with Gasteiger partial charge in [0.15, 0.2) is 0 Å². The molecule has 0 unspecified atom stereocenters. The van der Waals surface area contributed by atoms with Crippen molar-refractivity contribution in [2.45, 2.75) is 53.4 Å². The van der Waals surface area contributed by atoms with Crippen LogP contribution in [0.2, 0.25) is 0 Å². The topological polar surface area (TPSA) is 0 Å². The predicted molar refractivity (Wildman–Crippen MR) is 61.6 cm³/mol. The van der Waals surface area contributed by atoms with Crippen LogP contribution in [0.1, 0.15) is 53.4 Å². The molecule has 0 aromatic rings. The van der Waals surface area contributed by atoms with Crippen LogP contribution < -0.4 is 0 Å².